The van der Waals surface area contributed by atoms with Crippen molar-refractivity contribution < 1.29 is 0 Å². The predicted octanol–water partition coefficient (Wildman–Crippen LogP) is 28.2. The summed E-state index contributed by atoms with van der Waals surface area (Å²) in [6.45, 7) is 66.2. The molecule has 2 N–H and O–H groups in total. The molecule has 83 heavy (non-hydrogen) atoms. The van der Waals surface area contributed by atoms with E-state index in [1.54, 1.807) is 6.33 Å². The lowest BCUT2D eigenvalue weighted by Gasteiger charge is -1.94. The van der Waals surface area contributed by atoms with Gasteiger partial charge in [-0.2, -0.15) is 11.8 Å². The van der Waals surface area contributed by atoms with Crippen molar-refractivity contribution in [3.8, 4) is 0 Å². The minimum Gasteiger partial charge on any atom is -0.361 e. The molecule has 4 aromatic carbocycles. The molecule has 0 bridgehead atoms. The van der Waals surface area contributed by atoms with E-state index in [0.29, 0.717) is 0 Å². The maximum absolute atomic E-state index is 3.84. The monoisotopic (exact) mass is 1170 g/mol. The fourth-order valence-corrected chi connectivity index (χ4v) is 5.09. The molecule has 0 saturated carbocycles. The second-order valence-corrected chi connectivity index (χ2v) is 22.1. The van der Waals surface area contributed by atoms with Crippen LogP contribution in [0.15, 0.2) is 128 Å². The van der Waals surface area contributed by atoms with Gasteiger partial charge in [-0.3, -0.25) is 0 Å². The molecule has 0 atom stereocenters. The molecular formula is C79H151N3S. The molecular weight excluding hydrogens is 1020 g/mol. The van der Waals surface area contributed by atoms with Crippen LogP contribution in [0.25, 0.3) is 10.9 Å². The summed E-state index contributed by atoms with van der Waals surface area (Å²) in [5.74, 6) is 4.74. The van der Waals surface area contributed by atoms with Crippen LogP contribution in [0.1, 0.15) is 292 Å². The Morgan fingerprint density at radius 1 is 0.422 bits per heavy atom. The zero-order valence-electron chi connectivity index (χ0n) is 62.2. The minimum absolute atomic E-state index is 0.833. The third kappa shape index (κ3) is 103. The Bertz CT molecular complexity index is 1810. The van der Waals surface area contributed by atoms with Crippen molar-refractivity contribution in [3.63, 3.8) is 0 Å². The zero-order valence-corrected chi connectivity index (χ0v) is 63.0. The van der Waals surface area contributed by atoms with Crippen molar-refractivity contribution >= 4 is 22.7 Å². The van der Waals surface area contributed by atoms with E-state index in [2.05, 4.69) is 285 Å². The van der Waals surface area contributed by atoms with Gasteiger partial charge in [0, 0.05) is 29.0 Å². The first-order valence-electron chi connectivity index (χ1n) is 33.8. The van der Waals surface area contributed by atoms with E-state index < -0.39 is 0 Å². The van der Waals surface area contributed by atoms with Gasteiger partial charge in [-0.05, 0) is 104 Å². The largest absolute Gasteiger partial charge is 0.361 e. The molecule has 0 aliphatic carbocycles. The number of H-pyrrole nitrogens is 2. The van der Waals surface area contributed by atoms with Gasteiger partial charge in [0.1, 0.15) is 0 Å². The van der Waals surface area contributed by atoms with Gasteiger partial charge < -0.3 is 9.97 Å². The Balaban J connectivity index is -0.0000000877. The van der Waals surface area contributed by atoms with Crippen LogP contribution >= 0.6 is 11.8 Å². The maximum atomic E-state index is 3.84. The van der Waals surface area contributed by atoms with Crippen LogP contribution in [0.4, 0.5) is 0 Å². The molecule has 0 aliphatic rings. The third-order valence-corrected chi connectivity index (χ3v) is 10.5. The SMILES string of the molecule is CC.CC.CC.CC(C)C.CC(C)C.CCC.CCC.CCC(C)C.CCC(C)C.CCCCCC.CCCSC.CCc1c[nH]c2ccccc12.CCc1ccc(C)cc1.CCc1ccccc1.CCc1cnc[nH]1.Cc1ccccc1. The smallest absolute Gasteiger partial charge is 0.0921 e. The Kier molecular flexibility index (Phi) is 112. The molecule has 0 unspecified atom stereocenters. The van der Waals surface area contributed by atoms with Crippen LogP contribution in [0, 0.1) is 37.5 Å². The lowest BCUT2D eigenvalue weighted by molar-refractivity contribution is 0.626. The molecule has 0 fully saturated rings. The molecule has 2 heterocycles. The van der Waals surface area contributed by atoms with Crippen LogP contribution in [-0.2, 0) is 25.7 Å². The first kappa shape index (κ1) is 101. The second-order valence-electron chi connectivity index (χ2n) is 21.2. The summed E-state index contributed by atoms with van der Waals surface area (Å²) in [6, 6.07) is 37.8. The van der Waals surface area contributed by atoms with E-state index >= 15 is 0 Å². The van der Waals surface area contributed by atoms with E-state index in [1.165, 1.54) is 108 Å². The molecule has 3 nitrogen and oxygen atoms in total. The van der Waals surface area contributed by atoms with E-state index in [0.717, 1.165) is 49.4 Å². The van der Waals surface area contributed by atoms with Gasteiger partial charge in [-0.1, -0.05) is 366 Å². The van der Waals surface area contributed by atoms with Gasteiger partial charge in [-0.25, -0.2) is 4.98 Å². The molecule has 6 rings (SSSR count). The lowest BCUT2D eigenvalue weighted by atomic mass is 10.1. The summed E-state index contributed by atoms with van der Waals surface area (Å²) in [6.07, 6.45) is 24.1. The summed E-state index contributed by atoms with van der Waals surface area (Å²) in [4.78, 5) is 10.1. The number of aryl methyl sites for hydroxylation is 6. The highest BCUT2D eigenvalue weighted by atomic mass is 32.2. The summed E-state index contributed by atoms with van der Waals surface area (Å²) in [7, 11) is 0. The van der Waals surface area contributed by atoms with E-state index in [9.17, 15) is 0 Å². The topological polar surface area (TPSA) is 44.5 Å². The third-order valence-electron chi connectivity index (χ3n) is 9.71. The van der Waals surface area contributed by atoms with Gasteiger partial charge in [0.25, 0.3) is 0 Å². The van der Waals surface area contributed by atoms with Crippen molar-refractivity contribution in [1.29, 1.82) is 0 Å². The highest BCUT2D eigenvalue weighted by Gasteiger charge is 1.98. The molecule has 0 aliphatic heterocycles. The number of para-hydroxylation sites is 1. The Labute approximate surface area is 529 Å². The van der Waals surface area contributed by atoms with E-state index in [4.69, 9.17) is 0 Å². The highest BCUT2D eigenvalue weighted by Crippen LogP contribution is 2.17. The van der Waals surface area contributed by atoms with Gasteiger partial charge in [0.15, 0.2) is 0 Å². The molecule has 2 aromatic heterocycles. The number of hydrogen-bond acceptors (Lipinski definition) is 2. The molecule has 0 spiro atoms. The fraction of sp³-hybridized carbons (Fsp3) is 0.633. The minimum atomic E-state index is 0.833. The number of aromatic amines is 2. The number of benzene rings is 4. The lowest BCUT2D eigenvalue weighted by Crippen LogP contribution is -1.77. The van der Waals surface area contributed by atoms with Gasteiger partial charge in [0.05, 0.1) is 6.33 Å². The maximum Gasteiger partial charge on any atom is 0.0921 e. The van der Waals surface area contributed by atoms with Crippen molar-refractivity contribution in [3.05, 3.63) is 161 Å². The van der Waals surface area contributed by atoms with Crippen molar-refractivity contribution in [2.24, 2.45) is 23.7 Å². The first-order valence-corrected chi connectivity index (χ1v) is 35.2. The summed E-state index contributed by atoms with van der Waals surface area (Å²) >= 11 is 1.90. The number of unbranched alkanes of at least 4 members (excludes halogenated alkanes) is 3. The van der Waals surface area contributed by atoms with Crippen LogP contribution in [0.5, 0.6) is 0 Å². The number of aromatic nitrogens is 3. The van der Waals surface area contributed by atoms with Gasteiger partial charge >= 0.3 is 0 Å². The van der Waals surface area contributed by atoms with E-state index in [1.807, 2.05) is 83.8 Å². The van der Waals surface area contributed by atoms with Gasteiger partial charge in [-0.15, -0.1) is 0 Å². The van der Waals surface area contributed by atoms with Crippen molar-refractivity contribution in [2.75, 3.05) is 12.0 Å². The van der Waals surface area contributed by atoms with Crippen LogP contribution in [-0.4, -0.2) is 27.0 Å². The summed E-state index contributed by atoms with van der Waals surface area (Å²) in [5, 5.41) is 1.36. The second kappa shape index (κ2) is 91.7. The molecule has 4 heteroatoms. The summed E-state index contributed by atoms with van der Waals surface area (Å²) in [5.41, 5.74) is 9.33. The number of rotatable bonds is 11. The van der Waals surface area contributed by atoms with E-state index in [-0.39, 0.29) is 0 Å². The average Bonchev–Trinajstić information content (AvgIpc) is 4.22. The number of imidazole rings is 1. The fourth-order valence-electron chi connectivity index (χ4n) is 4.68. The van der Waals surface area contributed by atoms with Gasteiger partial charge in [0.2, 0.25) is 0 Å². The van der Waals surface area contributed by atoms with Crippen molar-refractivity contribution in [2.45, 2.75) is 298 Å². The molecule has 0 radical (unpaired) electrons. The number of fused-ring (bicyclic) bond motifs is 1. The number of nitrogens with one attached hydrogen (secondary N) is 2. The molecule has 0 saturated heterocycles. The van der Waals surface area contributed by atoms with Crippen LogP contribution in [0.2, 0.25) is 0 Å². The summed E-state index contributed by atoms with van der Waals surface area (Å²) < 4.78 is 0. The van der Waals surface area contributed by atoms with Crippen molar-refractivity contribution in [1.82, 2.24) is 15.0 Å². The van der Waals surface area contributed by atoms with Crippen LogP contribution in [0.3, 0.4) is 0 Å². The standard InChI is InChI=1S/C10H11N.C9H12.C8H10.C7H8.C6H14.C5H8N2.2C5H12.C4H10S.2C4H10.2C3H8.3C2H6/c1-2-8-7-11-10-6-4-3-5-9(8)10;1-3-9-6-4-8(2)5-7-9;1-2-8-6-4-3-5-7-8;1-7-5-3-2-4-6-7;1-3-5-6-4-2;1-2-5-3-6-4-7-5;2*1-4-5(2)3;1-3-4-5-2;2*1-4(2)3;2*1-3-2;3*1-2/h3-7,11H,2H2,1H3;4-7H,3H2,1-2H3;3-7H,2H2,1H3;2-6H,1H3;3-6H2,1-2H3;3-4H,2H2,1H3,(H,6,7);2*5H,4H2,1-3H3;3-4H2,1-2H3;2*4H,1-3H3;2*3H2,1-2H3;3*1-2H3. The Hall–Kier alpha value is -4.02. The van der Waals surface area contributed by atoms with Crippen LogP contribution < -0.4 is 0 Å². The quantitative estimate of drug-likeness (QED) is 0.127. The highest BCUT2D eigenvalue weighted by molar-refractivity contribution is 7.98. The molecule has 0 amide bonds. The zero-order chi connectivity index (χ0) is 66.5. The first-order chi connectivity index (χ1) is 39.7. The molecule has 488 valence electrons. The Morgan fingerprint density at radius 3 is 1.01 bits per heavy atom. The molecule has 6 aromatic rings. The average molecular weight is 1180 g/mol. The normalized spacial score (nSPS) is 8.67. The Morgan fingerprint density at radius 2 is 0.771 bits per heavy atom. The number of hydrogen-bond donors (Lipinski definition) is 2. The predicted molar refractivity (Wildman–Crippen MR) is 399 cm³/mol. The number of thioether (sulfide) groups is 1. The number of nitrogens with zero attached hydrogens (tertiary/aromatic N) is 1.